The Labute approximate surface area is 123 Å². The maximum absolute atomic E-state index is 13.8. The molecular formula is C16H18FN3O. The van der Waals surface area contributed by atoms with Crippen LogP contribution in [0, 0.1) is 12.7 Å². The van der Waals surface area contributed by atoms with Gasteiger partial charge in [0.15, 0.2) is 0 Å². The van der Waals surface area contributed by atoms with Gasteiger partial charge in [-0.1, -0.05) is 12.1 Å². The lowest BCUT2D eigenvalue weighted by molar-refractivity contribution is 0.0951. The molecule has 0 radical (unpaired) electrons. The van der Waals surface area contributed by atoms with Crippen molar-refractivity contribution in [2.24, 2.45) is 0 Å². The SMILES string of the molecule is CCNc1c(F)cccc1C(=O)NCc1ncccc1C. The minimum atomic E-state index is -0.432. The summed E-state index contributed by atoms with van der Waals surface area (Å²) >= 11 is 0. The highest BCUT2D eigenvalue weighted by molar-refractivity contribution is 5.99. The molecule has 2 aromatic rings. The van der Waals surface area contributed by atoms with E-state index in [0.29, 0.717) is 18.7 Å². The van der Waals surface area contributed by atoms with Crippen LogP contribution in [0.25, 0.3) is 0 Å². The van der Waals surface area contributed by atoms with Crippen molar-refractivity contribution >= 4 is 11.6 Å². The Morgan fingerprint density at radius 2 is 2.10 bits per heavy atom. The van der Waals surface area contributed by atoms with E-state index in [2.05, 4.69) is 15.6 Å². The third-order valence-corrected chi connectivity index (χ3v) is 3.15. The Morgan fingerprint density at radius 1 is 1.29 bits per heavy atom. The topological polar surface area (TPSA) is 54.0 Å². The van der Waals surface area contributed by atoms with E-state index in [0.717, 1.165) is 11.3 Å². The number of pyridine rings is 1. The van der Waals surface area contributed by atoms with Gasteiger partial charge in [-0.3, -0.25) is 9.78 Å². The molecule has 5 heteroatoms. The highest BCUT2D eigenvalue weighted by Crippen LogP contribution is 2.19. The molecule has 21 heavy (non-hydrogen) atoms. The average molecular weight is 287 g/mol. The van der Waals surface area contributed by atoms with E-state index in [1.807, 2.05) is 26.0 Å². The standard InChI is InChI=1S/C16H18FN3O/c1-3-18-15-12(7-4-8-13(15)17)16(21)20-10-14-11(2)6-5-9-19-14/h4-9,18H,3,10H2,1-2H3,(H,20,21). The first-order valence-electron chi connectivity index (χ1n) is 6.84. The summed E-state index contributed by atoms with van der Waals surface area (Å²) in [6.45, 7) is 4.64. The molecule has 0 aliphatic heterocycles. The molecule has 2 rings (SSSR count). The first-order valence-corrected chi connectivity index (χ1v) is 6.84. The fraction of sp³-hybridized carbons (Fsp3) is 0.250. The monoisotopic (exact) mass is 287 g/mol. The van der Waals surface area contributed by atoms with Crippen LogP contribution in [0.4, 0.5) is 10.1 Å². The first-order chi connectivity index (χ1) is 10.1. The van der Waals surface area contributed by atoms with E-state index in [1.54, 1.807) is 12.3 Å². The van der Waals surface area contributed by atoms with Crippen molar-refractivity contribution in [3.8, 4) is 0 Å². The van der Waals surface area contributed by atoms with Crippen molar-refractivity contribution in [2.45, 2.75) is 20.4 Å². The van der Waals surface area contributed by atoms with E-state index in [9.17, 15) is 9.18 Å². The summed E-state index contributed by atoms with van der Waals surface area (Å²) in [6, 6.07) is 8.23. The zero-order valence-corrected chi connectivity index (χ0v) is 12.1. The van der Waals surface area contributed by atoms with Crippen molar-refractivity contribution in [3.05, 3.63) is 59.2 Å². The van der Waals surface area contributed by atoms with Gasteiger partial charge in [0.2, 0.25) is 0 Å². The second-order valence-electron chi connectivity index (χ2n) is 4.64. The summed E-state index contributed by atoms with van der Waals surface area (Å²) in [5.74, 6) is -0.756. The number of nitrogens with one attached hydrogen (secondary N) is 2. The number of aryl methyl sites for hydroxylation is 1. The van der Waals surface area contributed by atoms with Crippen LogP contribution >= 0.6 is 0 Å². The first kappa shape index (κ1) is 15.0. The number of carbonyl (C=O) groups is 1. The minimum absolute atomic E-state index is 0.232. The van der Waals surface area contributed by atoms with E-state index in [1.165, 1.54) is 12.1 Å². The molecule has 1 aromatic carbocycles. The van der Waals surface area contributed by atoms with Crippen molar-refractivity contribution in [2.75, 3.05) is 11.9 Å². The molecule has 0 unspecified atom stereocenters. The van der Waals surface area contributed by atoms with Crippen LogP contribution in [0.5, 0.6) is 0 Å². The molecule has 4 nitrogen and oxygen atoms in total. The summed E-state index contributed by atoms with van der Waals surface area (Å²) in [5, 5.41) is 5.66. The number of halogens is 1. The lowest BCUT2D eigenvalue weighted by Crippen LogP contribution is -2.25. The zero-order chi connectivity index (χ0) is 15.2. The highest BCUT2D eigenvalue weighted by Gasteiger charge is 2.14. The number of benzene rings is 1. The van der Waals surface area contributed by atoms with Crippen LogP contribution in [-0.2, 0) is 6.54 Å². The Hall–Kier alpha value is -2.43. The van der Waals surface area contributed by atoms with Crippen LogP contribution in [0.1, 0.15) is 28.5 Å². The number of hydrogen-bond donors (Lipinski definition) is 2. The van der Waals surface area contributed by atoms with Crippen LogP contribution in [-0.4, -0.2) is 17.4 Å². The molecule has 1 heterocycles. The molecule has 1 amide bonds. The number of amides is 1. The van der Waals surface area contributed by atoms with Crippen molar-refractivity contribution in [1.29, 1.82) is 0 Å². The van der Waals surface area contributed by atoms with Gasteiger partial charge in [-0.2, -0.15) is 0 Å². The summed E-state index contributed by atoms with van der Waals surface area (Å²) in [5.41, 5.74) is 2.33. The van der Waals surface area contributed by atoms with Gasteiger partial charge in [0.1, 0.15) is 5.82 Å². The number of aromatic nitrogens is 1. The molecule has 0 aliphatic carbocycles. The Morgan fingerprint density at radius 3 is 2.81 bits per heavy atom. The fourth-order valence-corrected chi connectivity index (χ4v) is 2.03. The van der Waals surface area contributed by atoms with Gasteiger partial charge < -0.3 is 10.6 Å². The molecule has 0 aliphatic rings. The molecule has 0 atom stereocenters. The van der Waals surface area contributed by atoms with Crippen LogP contribution in [0.3, 0.4) is 0 Å². The van der Waals surface area contributed by atoms with Gasteiger partial charge >= 0.3 is 0 Å². The van der Waals surface area contributed by atoms with E-state index >= 15 is 0 Å². The van der Waals surface area contributed by atoms with Gasteiger partial charge in [-0.25, -0.2) is 4.39 Å². The average Bonchev–Trinajstić information content (AvgIpc) is 2.48. The van der Waals surface area contributed by atoms with Crippen molar-refractivity contribution in [3.63, 3.8) is 0 Å². The predicted octanol–water partition coefficient (Wildman–Crippen LogP) is 2.89. The molecule has 110 valence electrons. The molecule has 0 saturated carbocycles. The zero-order valence-electron chi connectivity index (χ0n) is 12.1. The fourth-order valence-electron chi connectivity index (χ4n) is 2.03. The van der Waals surface area contributed by atoms with E-state index in [-0.39, 0.29) is 11.6 Å². The molecular weight excluding hydrogens is 269 g/mol. The van der Waals surface area contributed by atoms with Gasteiger partial charge in [0.25, 0.3) is 5.91 Å². The van der Waals surface area contributed by atoms with Crippen LogP contribution in [0.2, 0.25) is 0 Å². The summed E-state index contributed by atoms with van der Waals surface area (Å²) in [7, 11) is 0. The quantitative estimate of drug-likeness (QED) is 0.889. The van der Waals surface area contributed by atoms with Crippen molar-refractivity contribution in [1.82, 2.24) is 10.3 Å². The van der Waals surface area contributed by atoms with Gasteiger partial charge in [0, 0.05) is 12.7 Å². The smallest absolute Gasteiger partial charge is 0.253 e. The summed E-state index contributed by atoms with van der Waals surface area (Å²) in [4.78, 5) is 16.4. The van der Waals surface area contributed by atoms with Crippen LogP contribution in [0.15, 0.2) is 36.5 Å². The maximum atomic E-state index is 13.8. The lowest BCUT2D eigenvalue weighted by atomic mass is 10.1. The largest absolute Gasteiger partial charge is 0.382 e. The Bertz CT molecular complexity index is 643. The third-order valence-electron chi connectivity index (χ3n) is 3.15. The molecule has 2 N–H and O–H groups in total. The molecule has 0 saturated heterocycles. The van der Waals surface area contributed by atoms with E-state index in [4.69, 9.17) is 0 Å². The highest BCUT2D eigenvalue weighted by atomic mass is 19.1. The predicted molar refractivity (Wildman–Crippen MR) is 80.7 cm³/mol. The number of hydrogen-bond acceptors (Lipinski definition) is 3. The van der Waals surface area contributed by atoms with Crippen LogP contribution < -0.4 is 10.6 Å². The van der Waals surface area contributed by atoms with Gasteiger partial charge in [-0.05, 0) is 37.6 Å². The Balaban J connectivity index is 2.14. The second-order valence-corrected chi connectivity index (χ2v) is 4.64. The summed E-state index contributed by atoms with van der Waals surface area (Å²) in [6.07, 6.45) is 1.68. The van der Waals surface area contributed by atoms with Gasteiger partial charge in [-0.15, -0.1) is 0 Å². The Kier molecular flexibility index (Phi) is 4.87. The number of nitrogens with zero attached hydrogens (tertiary/aromatic N) is 1. The normalized spacial score (nSPS) is 10.2. The lowest BCUT2D eigenvalue weighted by Gasteiger charge is -2.12. The van der Waals surface area contributed by atoms with E-state index < -0.39 is 5.82 Å². The molecule has 0 fully saturated rings. The van der Waals surface area contributed by atoms with Gasteiger partial charge in [0.05, 0.1) is 23.5 Å². The minimum Gasteiger partial charge on any atom is -0.382 e. The molecule has 1 aromatic heterocycles. The maximum Gasteiger partial charge on any atom is 0.253 e. The summed E-state index contributed by atoms with van der Waals surface area (Å²) < 4.78 is 13.8. The molecule has 0 bridgehead atoms. The van der Waals surface area contributed by atoms with Crippen molar-refractivity contribution < 1.29 is 9.18 Å². The number of para-hydroxylation sites is 1. The number of carbonyl (C=O) groups excluding carboxylic acids is 1. The third kappa shape index (κ3) is 3.56. The number of anilines is 1. The second kappa shape index (κ2) is 6.83. The molecule has 0 spiro atoms. The number of rotatable bonds is 5.